The lowest BCUT2D eigenvalue weighted by Crippen LogP contribution is -2.57. The van der Waals surface area contributed by atoms with Crippen LogP contribution in [-0.4, -0.2) is 40.1 Å². The zero-order chi connectivity index (χ0) is 24.8. The van der Waals surface area contributed by atoms with Gasteiger partial charge in [0.2, 0.25) is 0 Å². The molecule has 0 amide bonds. The number of fused-ring (bicyclic) bond motifs is 1. The molecule has 0 bridgehead atoms. The molecule has 6 nitrogen and oxygen atoms in total. The molecule has 0 spiro atoms. The maximum Gasteiger partial charge on any atom is 0.456 e. The van der Waals surface area contributed by atoms with Gasteiger partial charge in [0.1, 0.15) is 11.6 Å². The van der Waals surface area contributed by atoms with Gasteiger partial charge in [-0.05, 0) is 73.4 Å². The van der Waals surface area contributed by atoms with Crippen molar-refractivity contribution in [2.75, 3.05) is 13.7 Å². The SMILES string of the molecule is COc1cc(/C=C2\CCCN3C2=NOC3(c2ccc(F)cc2)C(F)(F)F)ccc1-n1cnc(C)c1. The highest BCUT2D eigenvalue weighted by Gasteiger charge is 2.67. The van der Waals surface area contributed by atoms with Gasteiger partial charge in [-0.2, -0.15) is 13.2 Å². The van der Waals surface area contributed by atoms with E-state index >= 15 is 0 Å². The lowest BCUT2D eigenvalue weighted by atomic mass is 9.94. The van der Waals surface area contributed by atoms with E-state index in [4.69, 9.17) is 9.57 Å². The number of aromatic nitrogens is 2. The molecule has 1 unspecified atom stereocenters. The molecule has 1 aromatic heterocycles. The first-order valence-corrected chi connectivity index (χ1v) is 11.0. The number of methoxy groups -OCH3 is 1. The summed E-state index contributed by atoms with van der Waals surface area (Å²) in [5.74, 6) is 0.0730. The number of imidazole rings is 1. The van der Waals surface area contributed by atoms with Crippen molar-refractivity contribution in [2.45, 2.75) is 31.7 Å². The molecule has 10 heteroatoms. The van der Waals surface area contributed by atoms with Crippen LogP contribution in [0.1, 0.15) is 29.7 Å². The molecule has 0 saturated carbocycles. The predicted octanol–water partition coefficient (Wildman–Crippen LogP) is 5.57. The Morgan fingerprint density at radius 3 is 2.57 bits per heavy atom. The van der Waals surface area contributed by atoms with Crippen molar-refractivity contribution >= 4 is 11.9 Å². The van der Waals surface area contributed by atoms with Gasteiger partial charge < -0.3 is 19.0 Å². The summed E-state index contributed by atoms with van der Waals surface area (Å²) in [7, 11) is 1.55. The number of halogens is 4. The van der Waals surface area contributed by atoms with E-state index in [0.717, 1.165) is 46.1 Å². The van der Waals surface area contributed by atoms with E-state index in [-0.39, 0.29) is 17.9 Å². The van der Waals surface area contributed by atoms with E-state index in [2.05, 4.69) is 10.1 Å². The Bertz CT molecular complexity index is 1310. The van der Waals surface area contributed by atoms with E-state index in [0.29, 0.717) is 24.2 Å². The first kappa shape index (κ1) is 22.9. The van der Waals surface area contributed by atoms with Gasteiger partial charge in [0, 0.05) is 18.3 Å². The highest BCUT2D eigenvalue weighted by molar-refractivity contribution is 6.03. The van der Waals surface area contributed by atoms with E-state index in [1.54, 1.807) is 19.5 Å². The van der Waals surface area contributed by atoms with Crippen LogP contribution in [0.25, 0.3) is 11.8 Å². The van der Waals surface area contributed by atoms with E-state index in [1.807, 2.05) is 35.9 Å². The van der Waals surface area contributed by atoms with Crippen LogP contribution >= 0.6 is 0 Å². The maximum atomic E-state index is 14.5. The number of aryl methyl sites for hydroxylation is 1. The third-order valence-corrected chi connectivity index (χ3v) is 6.17. The number of hydrogen-bond acceptors (Lipinski definition) is 5. The Kier molecular flexibility index (Phi) is 5.53. The molecule has 1 atom stereocenters. The van der Waals surface area contributed by atoms with Gasteiger partial charge in [-0.25, -0.2) is 9.37 Å². The minimum absolute atomic E-state index is 0.0926. The second-order valence-corrected chi connectivity index (χ2v) is 8.43. The Labute approximate surface area is 199 Å². The molecular weight excluding hydrogens is 464 g/mol. The third kappa shape index (κ3) is 3.82. The third-order valence-electron chi connectivity index (χ3n) is 6.17. The van der Waals surface area contributed by atoms with Crippen LogP contribution in [0.2, 0.25) is 0 Å². The van der Waals surface area contributed by atoms with Gasteiger partial charge in [0.05, 0.1) is 24.8 Å². The fraction of sp³-hybridized carbons (Fsp3) is 0.280. The largest absolute Gasteiger partial charge is 0.495 e. The van der Waals surface area contributed by atoms with E-state index < -0.39 is 17.7 Å². The summed E-state index contributed by atoms with van der Waals surface area (Å²) in [6.07, 6.45) is 1.52. The Morgan fingerprint density at radius 1 is 1.14 bits per heavy atom. The van der Waals surface area contributed by atoms with Crippen LogP contribution < -0.4 is 4.74 Å². The number of benzene rings is 2. The summed E-state index contributed by atoms with van der Waals surface area (Å²) in [4.78, 5) is 10.5. The van der Waals surface area contributed by atoms with Gasteiger partial charge in [-0.15, -0.1) is 0 Å². The second kappa shape index (κ2) is 8.44. The molecule has 182 valence electrons. The number of ether oxygens (including phenoxy) is 1. The zero-order valence-electron chi connectivity index (χ0n) is 19.0. The van der Waals surface area contributed by atoms with Gasteiger partial charge in [-0.1, -0.05) is 11.2 Å². The molecule has 0 radical (unpaired) electrons. The normalized spacial score (nSPS) is 21.0. The number of piperidine rings is 1. The number of nitrogens with zero attached hydrogens (tertiary/aromatic N) is 4. The maximum absolute atomic E-state index is 14.5. The molecule has 5 rings (SSSR count). The number of amidine groups is 1. The molecule has 3 heterocycles. The van der Waals surface area contributed by atoms with Gasteiger partial charge in [0.25, 0.3) is 0 Å². The second-order valence-electron chi connectivity index (χ2n) is 8.43. The minimum Gasteiger partial charge on any atom is -0.495 e. The van der Waals surface area contributed by atoms with Crippen molar-refractivity contribution in [1.29, 1.82) is 0 Å². The van der Waals surface area contributed by atoms with Crippen molar-refractivity contribution in [2.24, 2.45) is 5.16 Å². The van der Waals surface area contributed by atoms with Crippen molar-refractivity contribution in [3.05, 3.63) is 83.2 Å². The molecule has 2 aromatic carbocycles. The van der Waals surface area contributed by atoms with Crippen LogP contribution in [-0.2, 0) is 10.6 Å². The standard InChI is InChI=1S/C25H22F4N4O2/c1-16-14-32(15-30-16)21-10-5-17(13-22(21)34-2)12-18-4-3-11-33-23(18)31-35-24(33,25(27,28)29)19-6-8-20(26)9-7-19/h5-10,12-15H,3-4,11H2,1-2H3/b18-12+. The molecule has 0 aliphatic carbocycles. The first-order chi connectivity index (χ1) is 16.7. The van der Waals surface area contributed by atoms with Gasteiger partial charge >= 0.3 is 11.9 Å². The van der Waals surface area contributed by atoms with Crippen LogP contribution in [0.5, 0.6) is 5.75 Å². The smallest absolute Gasteiger partial charge is 0.456 e. The van der Waals surface area contributed by atoms with Crippen molar-refractivity contribution in [3.63, 3.8) is 0 Å². The molecular formula is C25H22F4N4O2. The molecule has 2 aliphatic rings. The summed E-state index contributed by atoms with van der Waals surface area (Å²) < 4.78 is 64.2. The molecule has 35 heavy (non-hydrogen) atoms. The van der Waals surface area contributed by atoms with Crippen molar-refractivity contribution in [1.82, 2.24) is 14.5 Å². The molecule has 0 N–H and O–H groups in total. The van der Waals surface area contributed by atoms with Crippen LogP contribution in [0, 0.1) is 12.7 Å². The van der Waals surface area contributed by atoms with E-state index in [9.17, 15) is 17.6 Å². The van der Waals surface area contributed by atoms with Crippen LogP contribution in [0.4, 0.5) is 17.6 Å². The zero-order valence-corrected chi connectivity index (χ0v) is 19.0. The summed E-state index contributed by atoms with van der Waals surface area (Å²) >= 11 is 0. The molecule has 3 aromatic rings. The topological polar surface area (TPSA) is 51.9 Å². The molecule has 1 fully saturated rings. The fourth-order valence-electron chi connectivity index (χ4n) is 4.53. The number of alkyl halides is 3. The van der Waals surface area contributed by atoms with Crippen molar-refractivity contribution < 1.29 is 27.1 Å². The summed E-state index contributed by atoms with van der Waals surface area (Å²) in [5, 5.41) is 3.88. The summed E-state index contributed by atoms with van der Waals surface area (Å²) in [6, 6.07) is 9.66. The van der Waals surface area contributed by atoms with E-state index in [1.165, 1.54) is 0 Å². The average Bonchev–Trinajstić information content (AvgIpc) is 3.44. The molecule has 2 aliphatic heterocycles. The van der Waals surface area contributed by atoms with Gasteiger partial charge in [0.15, 0.2) is 5.84 Å². The monoisotopic (exact) mass is 486 g/mol. The highest BCUT2D eigenvalue weighted by atomic mass is 19.4. The number of hydrogen-bond donors (Lipinski definition) is 0. The predicted molar refractivity (Wildman–Crippen MR) is 121 cm³/mol. The van der Waals surface area contributed by atoms with Crippen LogP contribution in [0.15, 0.2) is 65.7 Å². The Balaban J connectivity index is 1.51. The average molecular weight is 486 g/mol. The first-order valence-electron chi connectivity index (χ1n) is 11.0. The minimum atomic E-state index is -4.81. The van der Waals surface area contributed by atoms with Crippen molar-refractivity contribution in [3.8, 4) is 11.4 Å². The highest BCUT2D eigenvalue weighted by Crippen LogP contribution is 2.50. The Hall–Kier alpha value is -3.82. The van der Waals surface area contributed by atoms with Crippen LogP contribution in [0.3, 0.4) is 0 Å². The number of rotatable bonds is 4. The summed E-state index contributed by atoms with van der Waals surface area (Å²) in [6.45, 7) is 1.98. The summed E-state index contributed by atoms with van der Waals surface area (Å²) in [5.41, 5.74) is -0.0428. The molecule has 1 saturated heterocycles. The lowest BCUT2D eigenvalue weighted by Gasteiger charge is -2.40. The Morgan fingerprint density at radius 2 is 1.91 bits per heavy atom. The number of oxime groups is 1. The lowest BCUT2D eigenvalue weighted by molar-refractivity contribution is -0.317. The quantitative estimate of drug-likeness (QED) is 0.453. The fourth-order valence-corrected chi connectivity index (χ4v) is 4.53. The van der Waals surface area contributed by atoms with Gasteiger partial charge in [-0.3, -0.25) is 0 Å².